The van der Waals surface area contributed by atoms with E-state index in [1.165, 1.54) is 6.92 Å². The maximum absolute atomic E-state index is 12.4. The van der Waals surface area contributed by atoms with E-state index in [1.54, 1.807) is 24.3 Å². The highest BCUT2D eigenvalue weighted by Crippen LogP contribution is 2.04. The lowest BCUT2D eigenvalue weighted by atomic mass is 10.1. The van der Waals surface area contributed by atoms with E-state index in [-0.39, 0.29) is 19.4 Å². The second kappa shape index (κ2) is 11.5. The Hall–Kier alpha value is -3.14. The molecule has 3 atom stereocenters. The Kier molecular flexibility index (Phi) is 9.44. The maximum Gasteiger partial charge on any atom is 0.408 e. The number of benzene rings is 1. The van der Waals surface area contributed by atoms with E-state index in [1.807, 2.05) is 6.07 Å². The molecule has 0 radical (unpaired) electrons. The molecule has 154 valence electrons. The van der Waals surface area contributed by atoms with Crippen molar-refractivity contribution in [3.05, 3.63) is 35.9 Å². The van der Waals surface area contributed by atoms with Crippen LogP contribution in [0, 0.1) is 0 Å². The molecular formula is C18H25N3O7. The molecule has 10 heteroatoms. The summed E-state index contributed by atoms with van der Waals surface area (Å²) in [5, 5.41) is 14.3. The molecule has 0 aliphatic heterocycles. The summed E-state index contributed by atoms with van der Waals surface area (Å²) in [7, 11) is 1.10. The Morgan fingerprint density at radius 1 is 1.14 bits per heavy atom. The number of ether oxygens (including phenoxy) is 2. The molecule has 0 spiro atoms. The van der Waals surface area contributed by atoms with Crippen molar-refractivity contribution in [3.8, 4) is 0 Å². The van der Waals surface area contributed by atoms with E-state index >= 15 is 0 Å². The number of nitrogens with two attached hydrogens (primary N) is 1. The van der Waals surface area contributed by atoms with E-state index in [0.717, 1.165) is 12.7 Å². The van der Waals surface area contributed by atoms with Gasteiger partial charge in [-0.25, -0.2) is 9.59 Å². The predicted octanol–water partition coefficient (Wildman–Crippen LogP) is -0.414. The van der Waals surface area contributed by atoms with Gasteiger partial charge in [0, 0.05) is 6.42 Å². The highest BCUT2D eigenvalue weighted by atomic mass is 16.5. The highest BCUT2D eigenvalue weighted by Gasteiger charge is 2.30. The predicted molar refractivity (Wildman–Crippen MR) is 97.6 cm³/mol. The molecule has 0 aliphatic carbocycles. The smallest absolute Gasteiger partial charge is 0.408 e. The summed E-state index contributed by atoms with van der Waals surface area (Å²) in [5.41, 5.74) is 5.84. The van der Waals surface area contributed by atoms with Crippen LogP contribution in [0.25, 0.3) is 0 Å². The molecule has 1 aromatic rings. The molecule has 0 bridgehead atoms. The normalized spacial score (nSPS) is 13.5. The summed E-state index contributed by atoms with van der Waals surface area (Å²) in [6.07, 6.45) is -2.43. The van der Waals surface area contributed by atoms with Gasteiger partial charge in [-0.15, -0.1) is 0 Å². The molecule has 28 heavy (non-hydrogen) atoms. The molecule has 0 saturated carbocycles. The van der Waals surface area contributed by atoms with Crippen LogP contribution in [0.3, 0.4) is 0 Å². The van der Waals surface area contributed by atoms with Crippen LogP contribution in [0.15, 0.2) is 30.3 Å². The van der Waals surface area contributed by atoms with Gasteiger partial charge in [0.1, 0.15) is 12.6 Å². The zero-order valence-electron chi connectivity index (χ0n) is 15.7. The number of methoxy groups -OCH3 is 1. The molecule has 0 fully saturated rings. The molecule has 0 aromatic heterocycles. The molecule has 1 aromatic carbocycles. The van der Waals surface area contributed by atoms with Crippen molar-refractivity contribution in [3.63, 3.8) is 0 Å². The summed E-state index contributed by atoms with van der Waals surface area (Å²) < 4.78 is 9.57. The second-order valence-corrected chi connectivity index (χ2v) is 6.01. The van der Waals surface area contributed by atoms with E-state index < -0.39 is 42.1 Å². The van der Waals surface area contributed by atoms with Crippen molar-refractivity contribution in [2.45, 2.75) is 44.6 Å². The number of esters is 1. The lowest BCUT2D eigenvalue weighted by Crippen LogP contribution is -2.55. The number of hydrogen-bond acceptors (Lipinski definition) is 7. The SMILES string of the molecule is COC(=O)[C@H](NC(=O)[C@@H](CCC(N)=O)NC(=O)OCc1ccccc1)[C@@H](C)O. The third-order valence-electron chi connectivity index (χ3n) is 3.74. The quantitative estimate of drug-likeness (QED) is 0.392. The number of alkyl carbamates (subject to hydrolysis) is 1. The van der Waals surface area contributed by atoms with Crippen molar-refractivity contribution < 1.29 is 33.8 Å². The van der Waals surface area contributed by atoms with Crippen molar-refractivity contribution in [2.75, 3.05) is 7.11 Å². The number of aliphatic hydroxyl groups excluding tert-OH is 1. The first-order valence-corrected chi connectivity index (χ1v) is 8.56. The number of carbonyl (C=O) groups excluding carboxylic acids is 4. The Morgan fingerprint density at radius 3 is 2.32 bits per heavy atom. The lowest BCUT2D eigenvalue weighted by Gasteiger charge is -2.23. The van der Waals surface area contributed by atoms with Crippen LogP contribution in [-0.4, -0.2) is 54.3 Å². The Bertz CT molecular complexity index is 679. The summed E-state index contributed by atoms with van der Waals surface area (Å²) in [4.78, 5) is 47.2. The van der Waals surface area contributed by atoms with Gasteiger partial charge in [0.25, 0.3) is 0 Å². The fourth-order valence-corrected chi connectivity index (χ4v) is 2.22. The summed E-state index contributed by atoms with van der Waals surface area (Å²) in [5.74, 6) is -2.32. The highest BCUT2D eigenvalue weighted by molar-refractivity contribution is 5.90. The minimum Gasteiger partial charge on any atom is -0.467 e. The largest absolute Gasteiger partial charge is 0.467 e. The minimum absolute atomic E-state index is 0.0186. The van der Waals surface area contributed by atoms with Crippen molar-refractivity contribution >= 4 is 23.9 Å². The second-order valence-electron chi connectivity index (χ2n) is 6.01. The van der Waals surface area contributed by atoms with E-state index in [4.69, 9.17) is 10.5 Å². The number of hydrogen-bond donors (Lipinski definition) is 4. The van der Waals surface area contributed by atoms with Gasteiger partial charge in [-0.1, -0.05) is 30.3 Å². The van der Waals surface area contributed by atoms with Gasteiger partial charge in [0.15, 0.2) is 6.04 Å². The van der Waals surface area contributed by atoms with Crippen molar-refractivity contribution in [1.82, 2.24) is 10.6 Å². The maximum atomic E-state index is 12.4. The van der Waals surface area contributed by atoms with Gasteiger partial charge in [0.2, 0.25) is 11.8 Å². The van der Waals surface area contributed by atoms with Gasteiger partial charge < -0.3 is 30.9 Å². The topological polar surface area (TPSA) is 157 Å². The zero-order valence-corrected chi connectivity index (χ0v) is 15.7. The van der Waals surface area contributed by atoms with Crippen LogP contribution in [0.1, 0.15) is 25.3 Å². The van der Waals surface area contributed by atoms with Crippen LogP contribution >= 0.6 is 0 Å². The van der Waals surface area contributed by atoms with Gasteiger partial charge in [-0.3, -0.25) is 9.59 Å². The van der Waals surface area contributed by atoms with Crippen LogP contribution < -0.4 is 16.4 Å². The van der Waals surface area contributed by atoms with Crippen molar-refractivity contribution in [1.29, 1.82) is 0 Å². The van der Waals surface area contributed by atoms with E-state index in [0.29, 0.717) is 0 Å². The third-order valence-corrected chi connectivity index (χ3v) is 3.74. The number of aliphatic hydroxyl groups is 1. The van der Waals surface area contributed by atoms with E-state index in [2.05, 4.69) is 15.4 Å². The van der Waals surface area contributed by atoms with Gasteiger partial charge >= 0.3 is 12.1 Å². The third kappa shape index (κ3) is 8.04. The summed E-state index contributed by atoms with van der Waals surface area (Å²) in [6.45, 7) is 1.27. The Morgan fingerprint density at radius 2 is 1.79 bits per heavy atom. The fourth-order valence-electron chi connectivity index (χ4n) is 2.22. The molecule has 0 aliphatic rings. The van der Waals surface area contributed by atoms with E-state index in [9.17, 15) is 24.3 Å². The monoisotopic (exact) mass is 395 g/mol. The van der Waals surface area contributed by atoms with Crippen LogP contribution in [0.4, 0.5) is 4.79 Å². The fraction of sp³-hybridized carbons (Fsp3) is 0.444. The first-order valence-electron chi connectivity index (χ1n) is 8.56. The first kappa shape index (κ1) is 22.9. The molecule has 0 saturated heterocycles. The zero-order chi connectivity index (χ0) is 21.1. The number of carbonyl (C=O) groups is 4. The molecule has 0 heterocycles. The van der Waals surface area contributed by atoms with Crippen LogP contribution in [0.2, 0.25) is 0 Å². The molecular weight excluding hydrogens is 370 g/mol. The molecule has 0 unspecified atom stereocenters. The number of primary amides is 1. The average Bonchev–Trinajstić information content (AvgIpc) is 2.67. The summed E-state index contributed by atoms with van der Waals surface area (Å²) in [6, 6.07) is 6.35. The summed E-state index contributed by atoms with van der Waals surface area (Å²) >= 11 is 0. The average molecular weight is 395 g/mol. The Balaban J connectivity index is 2.74. The van der Waals surface area contributed by atoms with Crippen LogP contribution in [-0.2, 0) is 30.5 Å². The van der Waals surface area contributed by atoms with Crippen molar-refractivity contribution in [2.24, 2.45) is 5.73 Å². The molecule has 10 nitrogen and oxygen atoms in total. The number of rotatable bonds is 10. The Labute approximate surface area is 162 Å². The number of amides is 3. The standard InChI is InChI=1S/C18H25N3O7/c1-11(22)15(17(25)27-2)21-16(24)13(8-9-14(19)23)20-18(26)28-10-12-6-4-3-5-7-12/h3-7,11,13,15,22H,8-10H2,1-2H3,(H2,19,23)(H,20,26)(H,21,24)/t11-,13-,15-/m1/s1. The molecule has 5 N–H and O–H groups in total. The lowest BCUT2D eigenvalue weighted by molar-refractivity contribution is -0.148. The van der Waals surface area contributed by atoms with Gasteiger partial charge in [-0.05, 0) is 18.9 Å². The first-order chi connectivity index (χ1) is 13.2. The molecule has 3 amide bonds. The number of nitrogens with one attached hydrogen (secondary N) is 2. The molecule has 1 rings (SSSR count). The van der Waals surface area contributed by atoms with Gasteiger partial charge in [-0.2, -0.15) is 0 Å². The minimum atomic E-state index is -1.34. The van der Waals surface area contributed by atoms with Crippen LogP contribution in [0.5, 0.6) is 0 Å². The van der Waals surface area contributed by atoms with Gasteiger partial charge in [0.05, 0.1) is 13.2 Å².